The second-order valence-electron chi connectivity index (χ2n) is 4.65. The lowest BCUT2D eigenvalue weighted by Crippen LogP contribution is -2.09. The number of thiophene rings is 1. The molecule has 1 amide bonds. The first kappa shape index (κ1) is 14.2. The third kappa shape index (κ3) is 3.10. The van der Waals surface area contributed by atoms with E-state index in [1.165, 1.54) is 21.8 Å². The van der Waals surface area contributed by atoms with Gasteiger partial charge in [-0.1, -0.05) is 28.1 Å². The average molecular weight is 368 g/mol. The smallest absolute Gasteiger partial charge is 0.265 e. The van der Waals surface area contributed by atoms with Gasteiger partial charge in [-0.15, -0.1) is 11.3 Å². The summed E-state index contributed by atoms with van der Waals surface area (Å²) in [6.07, 6.45) is 1.10. The number of carbonyl (C=O) groups excluding carboxylic acids is 1. The highest BCUT2D eigenvalue weighted by Gasteiger charge is 2.17. The van der Waals surface area contributed by atoms with Gasteiger partial charge in [0.1, 0.15) is 0 Å². The predicted molar refractivity (Wildman–Crippen MR) is 91.2 cm³/mol. The average Bonchev–Trinajstić information content (AvgIpc) is 2.92. The molecule has 1 aliphatic rings. The SMILES string of the molecule is O=C(Nc1ccc(CBr)cc1)c1cc2c(s1)CCSC2. The topological polar surface area (TPSA) is 29.1 Å². The van der Waals surface area contributed by atoms with Gasteiger partial charge in [0.2, 0.25) is 0 Å². The zero-order valence-electron chi connectivity index (χ0n) is 10.8. The number of hydrogen-bond acceptors (Lipinski definition) is 3. The quantitative estimate of drug-likeness (QED) is 0.797. The van der Waals surface area contributed by atoms with E-state index in [4.69, 9.17) is 0 Å². The number of nitrogens with one attached hydrogen (secondary N) is 1. The van der Waals surface area contributed by atoms with E-state index in [-0.39, 0.29) is 5.91 Å². The maximum Gasteiger partial charge on any atom is 0.265 e. The number of alkyl halides is 1. The van der Waals surface area contributed by atoms with E-state index in [0.717, 1.165) is 28.1 Å². The minimum Gasteiger partial charge on any atom is -0.321 e. The molecule has 0 saturated carbocycles. The van der Waals surface area contributed by atoms with Crippen LogP contribution in [0.1, 0.15) is 25.7 Å². The fraction of sp³-hybridized carbons (Fsp3) is 0.267. The lowest BCUT2D eigenvalue weighted by atomic mass is 10.2. The number of anilines is 1. The summed E-state index contributed by atoms with van der Waals surface area (Å²) in [4.78, 5) is 14.5. The van der Waals surface area contributed by atoms with E-state index < -0.39 is 0 Å². The van der Waals surface area contributed by atoms with Gasteiger partial charge >= 0.3 is 0 Å². The van der Waals surface area contributed by atoms with Gasteiger partial charge in [0, 0.05) is 21.6 Å². The molecule has 1 aromatic heterocycles. The lowest BCUT2D eigenvalue weighted by Gasteiger charge is -2.08. The maximum atomic E-state index is 12.3. The normalized spacial score (nSPS) is 13.8. The second kappa shape index (κ2) is 6.33. The molecule has 2 heterocycles. The van der Waals surface area contributed by atoms with E-state index >= 15 is 0 Å². The van der Waals surface area contributed by atoms with Crippen molar-refractivity contribution in [2.24, 2.45) is 0 Å². The molecule has 0 unspecified atom stereocenters. The molecule has 1 aliphatic heterocycles. The minimum absolute atomic E-state index is 0.000919. The molecule has 20 heavy (non-hydrogen) atoms. The second-order valence-corrected chi connectivity index (χ2v) is 7.45. The molecule has 2 aromatic rings. The number of aryl methyl sites for hydroxylation is 1. The number of amides is 1. The molecule has 1 aromatic carbocycles. The van der Waals surface area contributed by atoms with Crippen LogP contribution in [-0.4, -0.2) is 11.7 Å². The van der Waals surface area contributed by atoms with E-state index in [1.54, 1.807) is 11.3 Å². The van der Waals surface area contributed by atoms with Crippen LogP contribution >= 0.6 is 39.0 Å². The number of rotatable bonds is 3. The van der Waals surface area contributed by atoms with Gasteiger partial charge in [-0.05, 0) is 41.5 Å². The number of carbonyl (C=O) groups is 1. The Balaban J connectivity index is 1.73. The van der Waals surface area contributed by atoms with Crippen molar-refractivity contribution in [2.45, 2.75) is 17.5 Å². The maximum absolute atomic E-state index is 12.3. The highest BCUT2D eigenvalue weighted by atomic mass is 79.9. The lowest BCUT2D eigenvalue weighted by molar-refractivity contribution is 0.103. The first-order valence-corrected chi connectivity index (χ1v) is 9.51. The third-order valence-electron chi connectivity index (χ3n) is 3.22. The minimum atomic E-state index is 0.000919. The molecule has 0 aliphatic carbocycles. The van der Waals surface area contributed by atoms with Gasteiger partial charge < -0.3 is 5.32 Å². The molecular formula is C15H14BrNOS2. The van der Waals surface area contributed by atoms with Crippen LogP contribution in [0.25, 0.3) is 0 Å². The van der Waals surface area contributed by atoms with E-state index in [2.05, 4.69) is 21.2 Å². The molecular weight excluding hydrogens is 354 g/mol. The van der Waals surface area contributed by atoms with Crippen molar-refractivity contribution in [1.82, 2.24) is 0 Å². The van der Waals surface area contributed by atoms with Crippen molar-refractivity contribution in [3.8, 4) is 0 Å². The Morgan fingerprint density at radius 3 is 2.80 bits per heavy atom. The van der Waals surface area contributed by atoms with Crippen LogP contribution in [0, 0.1) is 0 Å². The number of hydrogen-bond donors (Lipinski definition) is 1. The van der Waals surface area contributed by atoms with Crippen LogP contribution in [0.15, 0.2) is 30.3 Å². The molecule has 0 spiro atoms. The van der Waals surface area contributed by atoms with Gasteiger partial charge in [-0.2, -0.15) is 11.8 Å². The monoisotopic (exact) mass is 367 g/mol. The van der Waals surface area contributed by atoms with Gasteiger partial charge in [0.15, 0.2) is 0 Å². The summed E-state index contributed by atoms with van der Waals surface area (Å²) in [5.74, 6) is 2.21. The van der Waals surface area contributed by atoms with Crippen LogP contribution in [0.4, 0.5) is 5.69 Å². The molecule has 5 heteroatoms. The largest absolute Gasteiger partial charge is 0.321 e. The van der Waals surface area contributed by atoms with Crippen LogP contribution in [0.3, 0.4) is 0 Å². The standard InChI is InChI=1S/C15H14BrNOS2/c16-8-10-1-3-12(4-2-10)17-15(18)14-7-11-9-19-6-5-13(11)20-14/h1-4,7H,5-6,8-9H2,(H,17,18). The molecule has 1 N–H and O–H groups in total. The van der Waals surface area contributed by atoms with Crippen LogP contribution in [0.5, 0.6) is 0 Å². The molecule has 0 fully saturated rings. The molecule has 104 valence electrons. The summed E-state index contributed by atoms with van der Waals surface area (Å²) >= 11 is 6.99. The molecule has 0 bridgehead atoms. The summed E-state index contributed by atoms with van der Waals surface area (Å²) in [6, 6.07) is 9.96. The Morgan fingerprint density at radius 1 is 1.30 bits per heavy atom. The number of fused-ring (bicyclic) bond motifs is 1. The van der Waals surface area contributed by atoms with E-state index in [1.807, 2.05) is 42.1 Å². The van der Waals surface area contributed by atoms with Crippen LogP contribution in [0.2, 0.25) is 0 Å². The first-order valence-electron chi connectivity index (χ1n) is 6.42. The highest BCUT2D eigenvalue weighted by Crippen LogP contribution is 2.32. The van der Waals surface area contributed by atoms with Crippen molar-refractivity contribution >= 4 is 50.6 Å². The zero-order chi connectivity index (χ0) is 13.9. The summed E-state index contributed by atoms with van der Waals surface area (Å²) < 4.78 is 0. The van der Waals surface area contributed by atoms with Crippen molar-refractivity contribution in [1.29, 1.82) is 0 Å². The summed E-state index contributed by atoms with van der Waals surface area (Å²) in [6.45, 7) is 0. The molecule has 2 nitrogen and oxygen atoms in total. The van der Waals surface area contributed by atoms with Crippen molar-refractivity contribution in [3.63, 3.8) is 0 Å². The van der Waals surface area contributed by atoms with E-state index in [9.17, 15) is 4.79 Å². The zero-order valence-corrected chi connectivity index (χ0v) is 14.0. The Hall–Kier alpha value is -0.780. The van der Waals surface area contributed by atoms with Crippen LogP contribution in [-0.2, 0) is 17.5 Å². The summed E-state index contributed by atoms with van der Waals surface area (Å²) in [7, 11) is 0. The van der Waals surface area contributed by atoms with Crippen molar-refractivity contribution < 1.29 is 4.79 Å². The summed E-state index contributed by atoms with van der Waals surface area (Å²) in [5, 5.41) is 3.80. The summed E-state index contributed by atoms with van der Waals surface area (Å²) in [5.41, 5.74) is 3.39. The van der Waals surface area contributed by atoms with Crippen LogP contribution < -0.4 is 5.32 Å². The number of thioether (sulfide) groups is 1. The van der Waals surface area contributed by atoms with Crippen molar-refractivity contribution in [3.05, 3.63) is 51.2 Å². The van der Waals surface area contributed by atoms with Gasteiger partial charge in [-0.25, -0.2) is 0 Å². The van der Waals surface area contributed by atoms with Crippen molar-refractivity contribution in [2.75, 3.05) is 11.1 Å². The van der Waals surface area contributed by atoms with E-state index in [0.29, 0.717) is 0 Å². The number of benzene rings is 1. The Labute approximate surface area is 135 Å². The Bertz CT molecular complexity index is 598. The Morgan fingerprint density at radius 2 is 2.10 bits per heavy atom. The molecule has 0 atom stereocenters. The number of halogens is 1. The fourth-order valence-corrected chi connectivity index (χ4v) is 4.77. The predicted octanol–water partition coefficient (Wildman–Crippen LogP) is 4.68. The van der Waals surface area contributed by atoms with Gasteiger partial charge in [-0.3, -0.25) is 4.79 Å². The molecule has 0 saturated heterocycles. The van der Waals surface area contributed by atoms with Gasteiger partial charge in [0.25, 0.3) is 5.91 Å². The molecule has 3 rings (SSSR count). The third-order valence-corrected chi connectivity index (χ3v) is 6.11. The van der Waals surface area contributed by atoms with Gasteiger partial charge in [0.05, 0.1) is 4.88 Å². The fourth-order valence-electron chi connectivity index (χ4n) is 2.13. The highest BCUT2D eigenvalue weighted by molar-refractivity contribution is 9.08. The first-order chi connectivity index (χ1) is 9.76. The Kier molecular flexibility index (Phi) is 4.48. The molecule has 0 radical (unpaired) electrons.